The standard InChI is InChI=1S/C13H14N2O4/c16-8-9-1-2-10(15(17)18)5-13(9)14-6-11-3-4-12(7-14)19-11/h1-2,5,8,11-12H,3-4,6-7H2. The van der Waals surface area contributed by atoms with E-state index in [2.05, 4.69) is 0 Å². The van der Waals surface area contributed by atoms with Crippen LogP contribution in [0, 0.1) is 10.1 Å². The monoisotopic (exact) mass is 262 g/mol. The molecule has 0 aromatic heterocycles. The largest absolute Gasteiger partial charge is 0.371 e. The minimum Gasteiger partial charge on any atom is -0.371 e. The smallest absolute Gasteiger partial charge is 0.271 e. The maximum Gasteiger partial charge on any atom is 0.271 e. The summed E-state index contributed by atoms with van der Waals surface area (Å²) in [4.78, 5) is 23.5. The van der Waals surface area contributed by atoms with E-state index in [1.165, 1.54) is 18.2 Å². The molecule has 2 aliphatic rings. The lowest BCUT2D eigenvalue weighted by Crippen LogP contribution is -2.43. The SMILES string of the molecule is O=Cc1ccc([N+](=O)[O-])cc1N1CC2CCC(C1)O2. The molecule has 1 aromatic carbocycles. The first-order valence-corrected chi connectivity index (χ1v) is 6.31. The lowest BCUT2D eigenvalue weighted by Gasteiger charge is -2.34. The van der Waals surface area contributed by atoms with Gasteiger partial charge < -0.3 is 9.64 Å². The molecule has 2 unspecified atom stereocenters. The van der Waals surface area contributed by atoms with Crippen LogP contribution in [0.2, 0.25) is 0 Å². The number of carbonyl (C=O) groups is 1. The van der Waals surface area contributed by atoms with Crippen LogP contribution in [0.5, 0.6) is 0 Å². The highest BCUT2D eigenvalue weighted by Crippen LogP contribution is 2.32. The zero-order chi connectivity index (χ0) is 13.4. The van der Waals surface area contributed by atoms with Crippen molar-refractivity contribution in [3.05, 3.63) is 33.9 Å². The molecule has 0 saturated carbocycles. The number of rotatable bonds is 3. The van der Waals surface area contributed by atoms with Gasteiger partial charge in [0.25, 0.3) is 5.69 Å². The molecule has 19 heavy (non-hydrogen) atoms. The van der Waals surface area contributed by atoms with Gasteiger partial charge in [-0.3, -0.25) is 14.9 Å². The van der Waals surface area contributed by atoms with Crippen molar-refractivity contribution in [3.63, 3.8) is 0 Å². The van der Waals surface area contributed by atoms with Crippen molar-refractivity contribution in [2.24, 2.45) is 0 Å². The molecule has 2 heterocycles. The third-order valence-corrected chi connectivity index (χ3v) is 3.74. The second-order valence-corrected chi connectivity index (χ2v) is 4.98. The molecule has 1 aromatic rings. The molecule has 0 aliphatic carbocycles. The average Bonchev–Trinajstić information content (AvgIpc) is 2.76. The molecule has 0 radical (unpaired) electrons. The van der Waals surface area contributed by atoms with Crippen LogP contribution in [0.1, 0.15) is 23.2 Å². The minimum absolute atomic E-state index is 0.0134. The van der Waals surface area contributed by atoms with E-state index in [1.807, 2.05) is 4.90 Å². The van der Waals surface area contributed by atoms with Crippen molar-refractivity contribution in [2.75, 3.05) is 18.0 Å². The molecule has 2 bridgehead atoms. The highest BCUT2D eigenvalue weighted by atomic mass is 16.6. The summed E-state index contributed by atoms with van der Waals surface area (Å²) in [6.45, 7) is 1.39. The molecular formula is C13H14N2O4. The van der Waals surface area contributed by atoms with Gasteiger partial charge in [0.05, 0.1) is 22.8 Å². The van der Waals surface area contributed by atoms with Gasteiger partial charge in [-0.05, 0) is 18.9 Å². The first-order chi connectivity index (χ1) is 9.17. The predicted molar refractivity (Wildman–Crippen MR) is 68.6 cm³/mol. The number of fused-ring (bicyclic) bond motifs is 2. The van der Waals surface area contributed by atoms with Gasteiger partial charge in [0, 0.05) is 30.8 Å². The number of anilines is 1. The Hall–Kier alpha value is -1.95. The van der Waals surface area contributed by atoms with E-state index >= 15 is 0 Å². The summed E-state index contributed by atoms with van der Waals surface area (Å²) in [5.41, 5.74) is 1.15. The normalized spacial score (nSPS) is 25.4. The lowest BCUT2D eigenvalue weighted by molar-refractivity contribution is -0.384. The maximum atomic E-state index is 11.1. The van der Waals surface area contributed by atoms with Crippen LogP contribution in [0.15, 0.2) is 18.2 Å². The highest BCUT2D eigenvalue weighted by Gasteiger charge is 2.34. The summed E-state index contributed by atoms with van der Waals surface area (Å²) >= 11 is 0. The number of nitrogens with zero attached hydrogens (tertiary/aromatic N) is 2. The Morgan fingerprint density at radius 3 is 2.58 bits per heavy atom. The molecule has 3 rings (SSSR count). The Morgan fingerprint density at radius 1 is 1.32 bits per heavy atom. The number of hydrogen-bond donors (Lipinski definition) is 0. The fraction of sp³-hybridized carbons (Fsp3) is 0.462. The van der Waals surface area contributed by atoms with E-state index in [-0.39, 0.29) is 17.9 Å². The highest BCUT2D eigenvalue weighted by molar-refractivity contribution is 5.85. The molecule has 100 valence electrons. The van der Waals surface area contributed by atoms with Gasteiger partial charge in [-0.2, -0.15) is 0 Å². The van der Waals surface area contributed by atoms with Crippen LogP contribution in [0.3, 0.4) is 0 Å². The van der Waals surface area contributed by atoms with Crippen LogP contribution >= 0.6 is 0 Å². The molecule has 2 aliphatic heterocycles. The Bertz CT molecular complexity index is 519. The van der Waals surface area contributed by atoms with Gasteiger partial charge in [-0.25, -0.2) is 0 Å². The molecule has 2 fully saturated rings. The zero-order valence-electron chi connectivity index (χ0n) is 10.3. The summed E-state index contributed by atoms with van der Waals surface area (Å²) in [5.74, 6) is 0. The Labute approximate surface area is 110 Å². The number of carbonyl (C=O) groups excluding carboxylic acids is 1. The summed E-state index contributed by atoms with van der Waals surface area (Å²) in [5, 5.41) is 10.9. The van der Waals surface area contributed by atoms with Crippen molar-refractivity contribution < 1.29 is 14.5 Å². The summed E-state index contributed by atoms with van der Waals surface area (Å²) in [6, 6.07) is 4.36. The van der Waals surface area contributed by atoms with Gasteiger partial charge in [0.2, 0.25) is 0 Å². The van der Waals surface area contributed by atoms with Gasteiger partial charge in [-0.1, -0.05) is 0 Å². The van der Waals surface area contributed by atoms with Crippen LogP contribution in [-0.4, -0.2) is 36.5 Å². The molecule has 6 nitrogen and oxygen atoms in total. The number of non-ortho nitro benzene ring substituents is 1. The van der Waals surface area contributed by atoms with Gasteiger partial charge >= 0.3 is 0 Å². The van der Waals surface area contributed by atoms with Crippen molar-refractivity contribution in [1.29, 1.82) is 0 Å². The van der Waals surface area contributed by atoms with Crippen LogP contribution in [0.25, 0.3) is 0 Å². The van der Waals surface area contributed by atoms with E-state index in [4.69, 9.17) is 4.74 Å². The molecule has 0 N–H and O–H groups in total. The number of benzene rings is 1. The van der Waals surface area contributed by atoms with Crippen molar-refractivity contribution in [3.8, 4) is 0 Å². The number of aldehydes is 1. The third kappa shape index (κ3) is 2.19. The molecule has 6 heteroatoms. The predicted octanol–water partition coefficient (Wildman–Crippen LogP) is 1.77. The topological polar surface area (TPSA) is 72.7 Å². The molecular weight excluding hydrogens is 248 g/mol. The Balaban J connectivity index is 1.95. The van der Waals surface area contributed by atoms with Gasteiger partial charge in [-0.15, -0.1) is 0 Å². The second-order valence-electron chi connectivity index (χ2n) is 4.98. The van der Waals surface area contributed by atoms with Crippen LogP contribution in [0.4, 0.5) is 11.4 Å². The number of nitro groups is 1. The number of morpholine rings is 1. The van der Waals surface area contributed by atoms with Crippen molar-refractivity contribution in [2.45, 2.75) is 25.0 Å². The van der Waals surface area contributed by atoms with E-state index in [9.17, 15) is 14.9 Å². The summed E-state index contributed by atoms with van der Waals surface area (Å²) in [6.07, 6.45) is 3.14. The number of hydrogen-bond acceptors (Lipinski definition) is 5. The summed E-state index contributed by atoms with van der Waals surface area (Å²) < 4.78 is 5.74. The van der Waals surface area contributed by atoms with Crippen molar-refractivity contribution in [1.82, 2.24) is 0 Å². The van der Waals surface area contributed by atoms with E-state index in [0.717, 1.165) is 19.1 Å². The van der Waals surface area contributed by atoms with Crippen molar-refractivity contribution >= 4 is 17.7 Å². The fourth-order valence-corrected chi connectivity index (χ4v) is 2.83. The van der Waals surface area contributed by atoms with E-state index < -0.39 is 4.92 Å². The molecule has 0 spiro atoms. The maximum absolute atomic E-state index is 11.1. The molecule has 2 atom stereocenters. The Kier molecular flexibility index (Phi) is 2.94. The fourth-order valence-electron chi connectivity index (χ4n) is 2.83. The molecule has 2 saturated heterocycles. The number of ether oxygens (including phenoxy) is 1. The van der Waals surface area contributed by atoms with E-state index in [0.29, 0.717) is 24.3 Å². The zero-order valence-corrected chi connectivity index (χ0v) is 10.3. The number of nitro benzene ring substituents is 1. The quantitative estimate of drug-likeness (QED) is 0.471. The average molecular weight is 262 g/mol. The van der Waals surface area contributed by atoms with E-state index in [1.54, 1.807) is 0 Å². The minimum atomic E-state index is -0.437. The van der Waals surface area contributed by atoms with Crippen LogP contribution < -0.4 is 4.90 Å². The van der Waals surface area contributed by atoms with Crippen LogP contribution in [-0.2, 0) is 4.74 Å². The lowest BCUT2D eigenvalue weighted by atomic mass is 10.1. The summed E-state index contributed by atoms with van der Waals surface area (Å²) in [7, 11) is 0. The second kappa shape index (κ2) is 4.62. The first kappa shape index (κ1) is 12.1. The van der Waals surface area contributed by atoms with Gasteiger partial charge in [0.1, 0.15) is 0 Å². The van der Waals surface area contributed by atoms with Gasteiger partial charge in [0.15, 0.2) is 6.29 Å². The third-order valence-electron chi connectivity index (χ3n) is 3.74. The first-order valence-electron chi connectivity index (χ1n) is 6.31. The molecule has 0 amide bonds. The Morgan fingerprint density at radius 2 is 2.00 bits per heavy atom.